The van der Waals surface area contributed by atoms with Crippen molar-refractivity contribution < 1.29 is 9.85 Å². The predicted octanol–water partition coefficient (Wildman–Crippen LogP) is 18.2. The molecule has 2 N–H and O–H groups in total. The molecule has 4 aromatic heterocycles. The van der Waals surface area contributed by atoms with E-state index in [1.54, 1.807) is 59.1 Å². The quantitative estimate of drug-likeness (QED) is 0.0651. The number of halogens is 4. The van der Waals surface area contributed by atoms with Gasteiger partial charge in [-0.15, -0.1) is 45.3 Å². The summed E-state index contributed by atoms with van der Waals surface area (Å²) in [4.78, 5) is 38.7. The van der Waals surface area contributed by atoms with Gasteiger partial charge in [-0.1, -0.05) is 131 Å². The molecule has 1 unspecified atom stereocenters. The summed E-state index contributed by atoms with van der Waals surface area (Å²) in [5.74, 6) is -0.558. The second-order valence-electron chi connectivity index (χ2n) is 17.2. The first-order chi connectivity index (χ1) is 39.2. The summed E-state index contributed by atoms with van der Waals surface area (Å²) in [7, 11) is 0. The standard InChI is InChI=1S/C17H10ClN3O2S.C16H11ClN2O2S.C16H13ClN2S.C11H7ClN2S/c18-13-5-1-12(2-6-13)16-10-24-17(20-16)15(9-19)11-3-7-14(8-4-11)21(22)23;17-13-5-3-12(4-6-13)15-10-22-16(18-15)9-11-1-7-14(8-2-11)19(20)21;17-13-5-3-12(4-6-13)15-10-20-16(19-15)9-11-1-7-14(18)8-2-11;12-9-3-1-8(2-4-9)10-7-15-11(14-10)5-6-13/h1-8,10,15H;1-8,10H,9H2;1-8,10H,9,18H2;1-4,7H,5H2. The number of nitrogens with zero attached hydrogens (tertiary/aromatic N) is 8. The fourth-order valence-electron chi connectivity index (χ4n) is 7.46. The first-order valence-electron chi connectivity index (χ1n) is 24.1. The summed E-state index contributed by atoms with van der Waals surface area (Å²) in [5, 5.41) is 53.7. The van der Waals surface area contributed by atoms with Gasteiger partial charge in [-0.2, -0.15) is 10.5 Å². The number of nitro benzene ring substituents is 2. The van der Waals surface area contributed by atoms with Crippen LogP contribution >= 0.6 is 91.8 Å². The van der Waals surface area contributed by atoms with E-state index in [1.807, 2.05) is 125 Å². The first kappa shape index (κ1) is 58.9. The summed E-state index contributed by atoms with van der Waals surface area (Å²) in [5.41, 5.74) is 17.1. The Kier molecular flexibility index (Phi) is 21.0. The smallest absolute Gasteiger partial charge is 0.269 e. The number of hydrogen-bond donors (Lipinski definition) is 1. The highest BCUT2D eigenvalue weighted by Crippen LogP contribution is 2.33. The van der Waals surface area contributed by atoms with E-state index in [4.69, 9.17) is 57.4 Å². The fraction of sp³-hybridized carbons (Fsp3) is 0.0667. The number of nitro groups is 2. The van der Waals surface area contributed by atoms with Gasteiger partial charge in [-0.25, -0.2) is 19.9 Å². The molecule has 0 aliphatic carbocycles. The molecule has 4 heterocycles. The van der Waals surface area contributed by atoms with Gasteiger partial charge in [0.15, 0.2) is 0 Å². The number of benzene rings is 7. The van der Waals surface area contributed by atoms with Crippen LogP contribution in [0, 0.1) is 42.9 Å². The van der Waals surface area contributed by atoms with Gasteiger partial charge < -0.3 is 5.73 Å². The molecule has 1 atom stereocenters. The van der Waals surface area contributed by atoms with E-state index in [2.05, 4.69) is 37.5 Å². The van der Waals surface area contributed by atoms with Crippen molar-refractivity contribution in [2.75, 3.05) is 5.73 Å². The maximum absolute atomic E-state index is 10.7. The third kappa shape index (κ3) is 17.2. The van der Waals surface area contributed by atoms with Crippen molar-refractivity contribution in [2.24, 2.45) is 0 Å². The maximum Gasteiger partial charge on any atom is 0.269 e. The SMILES string of the molecule is N#CC(c1ccc([N+](=O)[O-])cc1)c1nc(-c2ccc(Cl)cc2)cs1.N#CCc1nc(-c2ccc(Cl)cc2)cs1.Nc1ccc(Cc2nc(-c3ccc(Cl)cc3)cs2)cc1.O=[N+]([O-])c1ccc(Cc2nc(-c3ccc(Cl)cc3)cs2)cc1. The zero-order valence-electron chi connectivity index (χ0n) is 42.1. The summed E-state index contributed by atoms with van der Waals surface area (Å²) in [6.07, 6.45) is 1.87. The summed E-state index contributed by atoms with van der Waals surface area (Å²) in [6, 6.07) is 54.9. The van der Waals surface area contributed by atoms with Crippen molar-refractivity contribution in [3.63, 3.8) is 0 Å². The van der Waals surface area contributed by atoms with Crippen LogP contribution in [0.2, 0.25) is 20.1 Å². The lowest BCUT2D eigenvalue weighted by molar-refractivity contribution is -0.385. The monoisotopic (exact) mass is 1220 g/mol. The van der Waals surface area contributed by atoms with Crippen molar-refractivity contribution in [3.05, 3.63) is 268 Å². The van der Waals surface area contributed by atoms with E-state index in [9.17, 15) is 25.5 Å². The average molecular weight is 1220 g/mol. The molecule has 402 valence electrons. The Morgan fingerprint density at radius 1 is 0.457 bits per heavy atom. The zero-order valence-corrected chi connectivity index (χ0v) is 48.4. The van der Waals surface area contributed by atoms with Gasteiger partial charge >= 0.3 is 0 Å². The molecule has 0 amide bonds. The number of nitriles is 2. The predicted molar refractivity (Wildman–Crippen MR) is 330 cm³/mol. The summed E-state index contributed by atoms with van der Waals surface area (Å²) in [6.45, 7) is 0. The molecule has 7 aromatic carbocycles. The highest BCUT2D eigenvalue weighted by molar-refractivity contribution is 7.10. The molecule has 0 saturated heterocycles. The minimum atomic E-state index is -0.558. The van der Waals surface area contributed by atoms with Gasteiger partial charge in [0.1, 0.15) is 15.9 Å². The second kappa shape index (κ2) is 28.8. The Bertz CT molecular complexity index is 3940. The molecule has 0 spiro atoms. The molecule has 13 nitrogen and oxygen atoms in total. The number of nitrogen functional groups attached to an aromatic ring is 1. The van der Waals surface area contributed by atoms with Gasteiger partial charge in [0.2, 0.25) is 0 Å². The van der Waals surface area contributed by atoms with Crippen molar-refractivity contribution >= 4 is 109 Å². The third-order valence-electron chi connectivity index (χ3n) is 11.6. The largest absolute Gasteiger partial charge is 0.399 e. The molecule has 0 fully saturated rings. The van der Waals surface area contributed by atoms with Crippen LogP contribution in [-0.4, -0.2) is 29.8 Å². The van der Waals surface area contributed by atoms with Crippen molar-refractivity contribution in [1.82, 2.24) is 19.9 Å². The lowest BCUT2D eigenvalue weighted by atomic mass is 10.0. The van der Waals surface area contributed by atoms with Crippen molar-refractivity contribution in [2.45, 2.75) is 25.2 Å². The first-order valence-corrected chi connectivity index (χ1v) is 29.1. The molecule has 11 aromatic rings. The Morgan fingerprint density at radius 3 is 1.16 bits per heavy atom. The van der Waals surface area contributed by atoms with E-state index < -0.39 is 15.8 Å². The highest BCUT2D eigenvalue weighted by Gasteiger charge is 2.19. The number of aromatic nitrogens is 4. The molecule has 0 radical (unpaired) electrons. The van der Waals surface area contributed by atoms with Crippen LogP contribution < -0.4 is 5.73 Å². The van der Waals surface area contributed by atoms with Crippen molar-refractivity contribution in [1.29, 1.82) is 10.5 Å². The van der Waals surface area contributed by atoms with Gasteiger partial charge in [0.25, 0.3) is 11.4 Å². The molecule has 0 aliphatic rings. The van der Waals surface area contributed by atoms with Crippen LogP contribution in [0.3, 0.4) is 0 Å². The van der Waals surface area contributed by atoms with Gasteiger partial charge in [0.05, 0.1) is 61.2 Å². The Hall–Kier alpha value is -8.20. The zero-order chi connectivity index (χ0) is 57.3. The minimum absolute atomic E-state index is 0.00330. The van der Waals surface area contributed by atoms with E-state index in [0.717, 1.165) is 82.7 Å². The minimum Gasteiger partial charge on any atom is -0.399 e. The van der Waals surface area contributed by atoms with Gasteiger partial charge in [-0.05, 0) is 77.4 Å². The van der Waals surface area contributed by atoms with E-state index in [1.165, 1.54) is 52.5 Å². The van der Waals surface area contributed by atoms with Crippen LogP contribution in [-0.2, 0) is 19.3 Å². The van der Waals surface area contributed by atoms with Crippen molar-refractivity contribution in [3.8, 4) is 57.2 Å². The summed E-state index contributed by atoms with van der Waals surface area (Å²) < 4.78 is 0. The molecular weight excluding hydrogens is 1180 g/mol. The number of rotatable bonds is 13. The van der Waals surface area contributed by atoms with E-state index in [-0.39, 0.29) is 11.4 Å². The molecule has 81 heavy (non-hydrogen) atoms. The Balaban J connectivity index is 0.000000143. The second-order valence-corrected chi connectivity index (χ2v) is 22.7. The van der Waals surface area contributed by atoms with Crippen LogP contribution in [0.25, 0.3) is 45.0 Å². The van der Waals surface area contributed by atoms with E-state index in [0.29, 0.717) is 38.5 Å². The molecular formula is C60H41Cl4N9O4S4. The van der Waals surface area contributed by atoms with Gasteiger partial charge in [0, 0.05) is 107 Å². The van der Waals surface area contributed by atoms with Crippen LogP contribution in [0.15, 0.2) is 191 Å². The molecule has 11 rings (SSSR count). The third-order valence-corrected chi connectivity index (χ3v) is 16.1. The number of anilines is 1. The fourth-order valence-corrected chi connectivity index (χ4v) is 11.3. The molecule has 21 heteroatoms. The lowest BCUT2D eigenvalue weighted by Crippen LogP contribution is -1.98. The topological polar surface area (TPSA) is 211 Å². The molecule has 0 saturated carbocycles. The Labute approximate surface area is 501 Å². The van der Waals surface area contributed by atoms with Crippen LogP contribution in [0.1, 0.15) is 42.6 Å². The number of hydrogen-bond acceptors (Lipinski definition) is 15. The average Bonchev–Trinajstić information content (AvgIpc) is 4.35. The molecule has 0 bridgehead atoms. The lowest BCUT2D eigenvalue weighted by Gasteiger charge is -2.05. The van der Waals surface area contributed by atoms with Crippen LogP contribution in [0.5, 0.6) is 0 Å². The maximum atomic E-state index is 10.7. The number of thiazole rings is 4. The number of nitrogens with two attached hydrogens (primary N) is 1. The highest BCUT2D eigenvalue weighted by atomic mass is 35.5. The Morgan fingerprint density at radius 2 is 0.790 bits per heavy atom. The van der Waals surface area contributed by atoms with Gasteiger partial charge in [-0.3, -0.25) is 20.2 Å². The normalized spacial score (nSPS) is 10.8. The summed E-state index contributed by atoms with van der Waals surface area (Å²) >= 11 is 29.6. The molecule has 0 aliphatic heterocycles. The van der Waals surface area contributed by atoms with E-state index >= 15 is 0 Å². The number of non-ortho nitro benzene ring substituents is 2. The van der Waals surface area contributed by atoms with Crippen LogP contribution in [0.4, 0.5) is 17.1 Å².